The normalized spacial score (nSPS) is 21.4. The van der Waals surface area contributed by atoms with Crippen molar-refractivity contribution in [3.8, 4) is 0 Å². The molecule has 1 aliphatic carbocycles. The Labute approximate surface area is 133 Å². The van der Waals surface area contributed by atoms with Crippen LogP contribution in [0.2, 0.25) is 0 Å². The van der Waals surface area contributed by atoms with Crippen LogP contribution < -0.4 is 10.5 Å². The lowest BCUT2D eigenvalue weighted by atomic mass is 10.1. The molecule has 0 aliphatic heterocycles. The molecule has 1 saturated carbocycles. The molecule has 7 nitrogen and oxygen atoms in total. The number of nitrogens with two attached hydrogens (primary N) is 1. The van der Waals surface area contributed by atoms with Crippen molar-refractivity contribution in [3.63, 3.8) is 0 Å². The van der Waals surface area contributed by atoms with Gasteiger partial charge in [-0.2, -0.15) is 4.39 Å². The molecule has 0 radical (unpaired) electrons. The summed E-state index contributed by atoms with van der Waals surface area (Å²) >= 11 is 0. The summed E-state index contributed by atoms with van der Waals surface area (Å²) in [5.41, 5.74) is 4.55. The lowest BCUT2D eigenvalue weighted by molar-refractivity contribution is -0.390. The number of nitro benzene ring substituents is 1. The highest BCUT2D eigenvalue weighted by molar-refractivity contribution is 7.89. The fraction of sp³-hybridized carbons (Fsp3) is 0.500. The van der Waals surface area contributed by atoms with Crippen molar-refractivity contribution in [1.82, 2.24) is 4.72 Å². The van der Waals surface area contributed by atoms with Gasteiger partial charge >= 0.3 is 5.69 Å². The van der Waals surface area contributed by atoms with E-state index in [2.05, 4.69) is 4.72 Å². The van der Waals surface area contributed by atoms with E-state index in [4.69, 9.17) is 5.73 Å². The molecular formula is C12H17ClFN3O4S. The Morgan fingerprint density at radius 2 is 2.09 bits per heavy atom. The third-order valence-electron chi connectivity index (χ3n) is 3.69. The molecule has 0 amide bonds. The van der Waals surface area contributed by atoms with E-state index in [-0.39, 0.29) is 24.4 Å². The van der Waals surface area contributed by atoms with Crippen molar-refractivity contribution in [1.29, 1.82) is 0 Å². The highest BCUT2D eigenvalue weighted by Crippen LogP contribution is 2.30. The van der Waals surface area contributed by atoms with Crippen molar-refractivity contribution in [3.05, 3.63) is 34.1 Å². The molecule has 1 aromatic rings. The predicted octanol–water partition coefficient (Wildman–Crippen LogP) is 1.56. The van der Waals surface area contributed by atoms with Gasteiger partial charge in [-0.15, -0.1) is 12.4 Å². The van der Waals surface area contributed by atoms with Crippen LogP contribution in [-0.4, -0.2) is 25.9 Å². The van der Waals surface area contributed by atoms with Gasteiger partial charge in [0.05, 0.1) is 4.92 Å². The van der Waals surface area contributed by atoms with E-state index in [0.29, 0.717) is 13.0 Å². The number of benzene rings is 1. The van der Waals surface area contributed by atoms with E-state index >= 15 is 0 Å². The van der Waals surface area contributed by atoms with Gasteiger partial charge in [-0.25, -0.2) is 13.1 Å². The van der Waals surface area contributed by atoms with Crippen molar-refractivity contribution in [2.24, 2.45) is 11.7 Å². The Bertz CT molecular complexity index is 656. The zero-order chi connectivity index (χ0) is 15.6. The van der Waals surface area contributed by atoms with Crippen LogP contribution in [0.3, 0.4) is 0 Å². The zero-order valence-corrected chi connectivity index (χ0v) is 13.2. The van der Waals surface area contributed by atoms with Crippen LogP contribution >= 0.6 is 12.4 Å². The van der Waals surface area contributed by atoms with Gasteiger partial charge in [0.15, 0.2) is 4.90 Å². The number of nitrogens with one attached hydrogen (secondary N) is 1. The Balaban J connectivity index is 0.00000242. The van der Waals surface area contributed by atoms with Gasteiger partial charge in [0.25, 0.3) is 0 Å². The molecule has 124 valence electrons. The SMILES string of the molecule is Cl.NCC1CCCC1NS(=O)(=O)c1cccc(F)c1[N+](=O)[O-]. The minimum atomic E-state index is -4.17. The van der Waals surface area contributed by atoms with E-state index in [1.807, 2.05) is 0 Å². The number of hydrogen-bond donors (Lipinski definition) is 2. The standard InChI is InChI=1S/C12H16FN3O4S.ClH/c13-9-4-2-6-11(12(9)16(17)18)21(19,20)15-10-5-1-3-8(10)7-14;/h2,4,6,8,10,15H,1,3,5,7,14H2;1H. The fourth-order valence-corrected chi connectivity index (χ4v) is 4.15. The van der Waals surface area contributed by atoms with Gasteiger partial charge in [0, 0.05) is 6.04 Å². The third kappa shape index (κ3) is 3.72. The van der Waals surface area contributed by atoms with Crippen molar-refractivity contribution < 1.29 is 17.7 Å². The van der Waals surface area contributed by atoms with Gasteiger partial charge in [0.2, 0.25) is 15.8 Å². The van der Waals surface area contributed by atoms with Crippen molar-refractivity contribution in [2.45, 2.75) is 30.2 Å². The van der Waals surface area contributed by atoms with Crippen molar-refractivity contribution in [2.75, 3.05) is 6.54 Å². The molecule has 22 heavy (non-hydrogen) atoms. The quantitative estimate of drug-likeness (QED) is 0.615. The average Bonchev–Trinajstić information content (AvgIpc) is 2.84. The highest BCUT2D eigenvalue weighted by atomic mass is 35.5. The number of para-hydroxylation sites is 1. The second-order valence-corrected chi connectivity index (χ2v) is 6.68. The summed E-state index contributed by atoms with van der Waals surface area (Å²) in [6.07, 6.45) is 2.25. The topological polar surface area (TPSA) is 115 Å². The minimum Gasteiger partial charge on any atom is -0.330 e. The van der Waals surface area contributed by atoms with Crippen LogP contribution in [0.4, 0.5) is 10.1 Å². The van der Waals surface area contributed by atoms with Crippen LogP contribution in [0.1, 0.15) is 19.3 Å². The van der Waals surface area contributed by atoms with Crippen LogP contribution in [-0.2, 0) is 10.0 Å². The molecule has 1 fully saturated rings. The lowest BCUT2D eigenvalue weighted by Gasteiger charge is -2.19. The molecule has 2 unspecified atom stereocenters. The zero-order valence-electron chi connectivity index (χ0n) is 11.6. The Morgan fingerprint density at radius 3 is 2.68 bits per heavy atom. The van der Waals surface area contributed by atoms with Crippen LogP contribution in [0.15, 0.2) is 23.1 Å². The summed E-state index contributed by atoms with van der Waals surface area (Å²) in [6, 6.07) is 2.64. The molecule has 0 saturated heterocycles. The number of rotatable bonds is 5. The Morgan fingerprint density at radius 1 is 1.41 bits per heavy atom. The van der Waals surface area contributed by atoms with Crippen LogP contribution in [0.5, 0.6) is 0 Å². The summed E-state index contributed by atoms with van der Waals surface area (Å²) in [7, 11) is -4.17. The molecule has 10 heteroatoms. The number of sulfonamides is 1. The summed E-state index contributed by atoms with van der Waals surface area (Å²) in [6.45, 7) is 0.332. The van der Waals surface area contributed by atoms with E-state index in [1.165, 1.54) is 0 Å². The summed E-state index contributed by atoms with van der Waals surface area (Å²) in [5, 5.41) is 10.9. The first-order valence-electron chi connectivity index (χ1n) is 6.52. The minimum absolute atomic E-state index is 0. The van der Waals surface area contributed by atoms with Gasteiger partial charge in [-0.05, 0) is 37.4 Å². The van der Waals surface area contributed by atoms with E-state index < -0.39 is 31.3 Å². The number of hydrogen-bond acceptors (Lipinski definition) is 5. The molecule has 0 bridgehead atoms. The van der Waals surface area contributed by atoms with Gasteiger partial charge in [0.1, 0.15) is 0 Å². The maximum atomic E-state index is 13.5. The van der Waals surface area contributed by atoms with E-state index in [1.54, 1.807) is 0 Å². The average molecular weight is 354 g/mol. The van der Waals surface area contributed by atoms with Crippen LogP contribution in [0, 0.1) is 21.8 Å². The monoisotopic (exact) mass is 353 g/mol. The van der Waals surface area contributed by atoms with Gasteiger partial charge in [-0.3, -0.25) is 10.1 Å². The molecule has 1 aliphatic rings. The first-order valence-corrected chi connectivity index (χ1v) is 8.00. The van der Waals surface area contributed by atoms with Gasteiger partial charge in [-0.1, -0.05) is 12.5 Å². The lowest BCUT2D eigenvalue weighted by Crippen LogP contribution is -2.40. The second kappa shape index (κ2) is 7.32. The number of nitro groups is 1. The number of nitrogens with zero attached hydrogens (tertiary/aromatic N) is 1. The molecule has 1 aromatic carbocycles. The Kier molecular flexibility index (Phi) is 6.24. The summed E-state index contributed by atoms with van der Waals surface area (Å²) in [4.78, 5) is 9.21. The molecule has 0 heterocycles. The van der Waals surface area contributed by atoms with Crippen LogP contribution in [0.25, 0.3) is 0 Å². The maximum Gasteiger partial charge on any atom is 0.324 e. The second-order valence-electron chi connectivity index (χ2n) is 5.00. The molecular weight excluding hydrogens is 337 g/mol. The first kappa shape index (κ1) is 18.8. The maximum absolute atomic E-state index is 13.5. The predicted molar refractivity (Wildman–Crippen MR) is 80.8 cm³/mol. The Hall–Kier alpha value is -1.29. The summed E-state index contributed by atoms with van der Waals surface area (Å²) in [5.74, 6) is -1.18. The van der Waals surface area contributed by atoms with E-state index in [0.717, 1.165) is 31.0 Å². The molecule has 0 aromatic heterocycles. The third-order valence-corrected chi connectivity index (χ3v) is 5.21. The van der Waals surface area contributed by atoms with Crippen molar-refractivity contribution >= 4 is 28.1 Å². The fourth-order valence-electron chi connectivity index (χ4n) is 2.63. The smallest absolute Gasteiger partial charge is 0.324 e. The largest absolute Gasteiger partial charge is 0.330 e. The highest BCUT2D eigenvalue weighted by Gasteiger charge is 2.34. The van der Waals surface area contributed by atoms with E-state index in [9.17, 15) is 22.9 Å². The summed E-state index contributed by atoms with van der Waals surface area (Å²) < 4.78 is 40.6. The number of halogens is 2. The first-order chi connectivity index (χ1) is 9.86. The van der Waals surface area contributed by atoms with Gasteiger partial charge < -0.3 is 5.73 Å². The molecule has 3 N–H and O–H groups in total. The molecule has 2 atom stereocenters. The molecule has 2 rings (SSSR count). The molecule has 0 spiro atoms.